The maximum atomic E-state index is 12.7. The lowest BCUT2D eigenvalue weighted by molar-refractivity contribution is -0.00518. The molecule has 2 N–H and O–H groups in total. The first-order chi connectivity index (χ1) is 16.8. The van der Waals surface area contributed by atoms with Crippen LogP contribution in [0.15, 0.2) is 57.0 Å². The van der Waals surface area contributed by atoms with Crippen LogP contribution in [0.5, 0.6) is 5.88 Å². The van der Waals surface area contributed by atoms with Crippen molar-refractivity contribution in [3.05, 3.63) is 85.6 Å². The summed E-state index contributed by atoms with van der Waals surface area (Å²) in [5, 5.41) is 10.9. The molecule has 4 aliphatic carbocycles. The number of aromatic hydroxyl groups is 1. The Morgan fingerprint density at radius 2 is 1.60 bits per heavy atom. The quantitative estimate of drug-likeness (QED) is 0.523. The number of nitrogens with one attached hydrogen (secondary N) is 1. The lowest BCUT2D eigenvalue weighted by Gasteiger charge is -2.57. The maximum Gasteiger partial charge on any atom is 0.335 e. The molecule has 6 heteroatoms. The first-order valence-electron chi connectivity index (χ1n) is 12.6. The summed E-state index contributed by atoms with van der Waals surface area (Å²) in [5.74, 6) is 2.15. The standard InChI is InChI=1S/C29H31N3O3/c1-17-3-8-25(18(2)9-17)30-16-24-26(33)31-28(35)32(27(24)34)23-6-4-22(5-7-23)29-13-19-10-20(14-29)12-21(11-19)15-29/h3-9,16,19-21,34H,10-15H2,1-2H3,(H,31,33,35). The molecule has 35 heavy (non-hydrogen) atoms. The number of aryl methyl sites for hydroxylation is 2. The van der Waals surface area contributed by atoms with Gasteiger partial charge in [0.25, 0.3) is 5.56 Å². The molecule has 0 aliphatic heterocycles. The predicted molar refractivity (Wildman–Crippen MR) is 137 cm³/mol. The second-order valence-electron chi connectivity index (χ2n) is 11.1. The van der Waals surface area contributed by atoms with Crippen LogP contribution in [0.3, 0.4) is 0 Å². The number of rotatable bonds is 4. The number of hydrogen-bond donors (Lipinski definition) is 2. The molecule has 0 spiro atoms. The van der Waals surface area contributed by atoms with Crippen molar-refractivity contribution < 1.29 is 5.11 Å². The van der Waals surface area contributed by atoms with E-state index in [2.05, 4.69) is 22.1 Å². The maximum absolute atomic E-state index is 12.7. The van der Waals surface area contributed by atoms with Crippen molar-refractivity contribution in [2.45, 2.75) is 57.8 Å². The minimum Gasteiger partial charge on any atom is -0.493 e. The SMILES string of the molecule is Cc1ccc(N=Cc2c(O)n(-c3ccc(C45CC6CC(CC(C6)C4)C5)cc3)c(=O)[nH]c2=O)c(C)c1. The van der Waals surface area contributed by atoms with Gasteiger partial charge in [0.05, 0.1) is 11.4 Å². The number of aromatic amines is 1. The van der Waals surface area contributed by atoms with Gasteiger partial charge in [0, 0.05) is 6.21 Å². The van der Waals surface area contributed by atoms with Gasteiger partial charge >= 0.3 is 5.69 Å². The highest BCUT2D eigenvalue weighted by atomic mass is 16.3. The van der Waals surface area contributed by atoms with Crippen LogP contribution in [-0.2, 0) is 5.41 Å². The van der Waals surface area contributed by atoms with E-state index in [1.54, 1.807) is 0 Å². The van der Waals surface area contributed by atoms with Gasteiger partial charge in [0.2, 0.25) is 5.88 Å². The summed E-state index contributed by atoms with van der Waals surface area (Å²) < 4.78 is 1.15. The Morgan fingerprint density at radius 3 is 2.20 bits per heavy atom. The van der Waals surface area contributed by atoms with Gasteiger partial charge in [-0.3, -0.25) is 14.8 Å². The second-order valence-corrected chi connectivity index (χ2v) is 11.1. The fraction of sp³-hybridized carbons (Fsp3) is 0.414. The monoisotopic (exact) mass is 469 g/mol. The molecule has 0 atom stereocenters. The Hall–Kier alpha value is -3.41. The predicted octanol–water partition coefficient (Wildman–Crippen LogP) is 5.07. The number of aliphatic imine (C=N–C) groups is 1. The summed E-state index contributed by atoms with van der Waals surface area (Å²) in [5.41, 5.74) is 3.53. The molecule has 0 amide bonds. The van der Waals surface area contributed by atoms with Crippen LogP contribution in [0.2, 0.25) is 0 Å². The Bertz CT molecular complexity index is 1410. The summed E-state index contributed by atoms with van der Waals surface area (Å²) in [4.78, 5) is 31.9. The van der Waals surface area contributed by atoms with Crippen molar-refractivity contribution in [3.8, 4) is 11.6 Å². The average molecular weight is 470 g/mol. The number of H-pyrrole nitrogens is 1. The van der Waals surface area contributed by atoms with E-state index in [0.29, 0.717) is 11.4 Å². The molecule has 0 radical (unpaired) electrons. The first-order valence-corrected chi connectivity index (χ1v) is 12.6. The lowest BCUT2D eigenvalue weighted by Crippen LogP contribution is -2.48. The molecule has 4 aliphatic rings. The first kappa shape index (κ1) is 22.1. The molecular weight excluding hydrogens is 438 g/mol. The smallest absolute Gasteiger partial charge is 0.335 e. The zero-order valence-corrected chi connectivity index (χ0v) is 20.3. The van der Waals surface area contributed by atoms with E-state index in [1.807, 2.05) is 44.2 Å². The number of aromatic nitrogens is 2. The number of nitrogens with zero attached hydrogens (tertiary/aromatic N) is 2. The van der Waals surface area contributed by atoms with Crippen molar-refractivity contribution in [1.82, 2.24) is 9.55 Å². The van der Waals surface area contributed by atoms with Gasteiger partial charge in [-0.1, -0.05) is 29.8 Å². The number of hydrogen-bond acceptors (Lipinski definition) is 4. The van der Waals surface area contributed by atoms with E-state index in [1.165, 1.54) is 50.3 Å². The average Bonchev–Trinajstić information content (AvgIpc) is 2.79. The summed E-state index contributed by atoms with van der Waals surface area (Å²) in [6.45, 7) is 3.94. The van der Waals surface area contributed by atoms with Gasteiger partial charge in [-0.25, -0.2) is 9.36 Å². The van der Waals surface area contributed by atoms with Crippen molar-refractivity contribution in [3.63, 3.8) is 0 Å². The largest absolute Gasteiger partial charge is 0.493 e. The third-order valence-corrected chi connectivity index (χ3v) is 8.58. The molecule has 1 aromatic heterocycles. The molecule has 0 unspecified atom stereocenters. The summed E-state index contributed by atoms with van der Waals surface area (Å²) in [7, 11) is 0. The highest BCUT2D eigenvalue weighted by Gasteiger charge is 2.51. The zero-order valence-electron chi connectivity index (χ0n) is 20.3. The van der Waals surface area contributed by atoms with Crippen LogP contribution in [-0.4, -0.2) is 20.9 Å². The van der Waals surface area contributed by atoms with Crippen molar-refractivity contribution in [2.75, 3.05) is 0 Å². The third kappa shape index (κ3) is 3.76. The molecule has 0 saturated heterocycles. The molecule has 2 aromatic carbocycles. The van der Waals surface area contributed by atoms with E-state index < -0.39 is 17.1 Å². The van der Waals surface area contributed by atoms with Gasteiger partial charge in [-0.05, 0) is 105 Å². The van der Waals surface area contributed by atoms with E-state index in [4.69, 9.17) is 0 Å². The Labute approximate surface area is 204 Å². The molecule has 1 heterocycles. The van der Waals surface area contributed by atoms with Crippen LogP contribution in [0.25, 0.3) is 5.69 Å². The van der Waals surface area contributed by atoms with Gasteiger partial charge < -0.3 is 5.11 Å². The van der Waals surface area contributed by atoms with E-state index in [9.17, 15) is 14.7 Å². The van der Waals surface area contributed by atoms with Gasteiger partial charge in [-0.15, -0.1) is 0 Å². The van der Waals surface area contributed by atoms with Crippen molar-refractivity contribution >= 4 is 11.9 Å². The Balaban J connectivity index is 1.35. The van der Waals surface area contributed by atoms with Crippen LogP contribution < -0.4 is 11.2 Å². The van der Waals surface area contributed by atoms with Crippen molar-refractivity contribution in [1.29, 1.82) is 0 Å². The van der Waals surface area contributed by atoms with E-state index >= 15 is 0 Å². The minimum atomic E-state index is -0.668. The van der Waals surface area contributed by atoms with Crippen LogP contribution >= 0.6 is 0 Å². The normalized spacial score (nSPS) is 27.1. The molecule has 7 rings (SSSR count). The molecule has 4 fully saturated rings. The fourth-order valence-corrected chi connectivity index (χ4v) is 7.41. The zero-order chi connectivity index (χ0) is 24.3. The molecular formula is C29H31N3O3. The highest BCUT2D eigenvalue weighted by molar-refractivity contribution is 5.84. The van der Waals surface area contributed by atoms with E-state index in [0.717, 1.165) is 33.4 Å². The summed E-state index contributed by atoms with van der Waals surface area (Å²) in [6.07, 6.45) is 9.30. The van der Waals surface area contributed by atoms with Crippen LogP contribution in [0.1, 0.15) is 60.8 Å². The molecule has 4 bridgehead atoms. The molecule has 4 saturated carbocycles. The lowest BCUT2D eigenvalue weighted by atomic mass is 9.48. The van der Waals surface area contributed by atoms with Crippen LogP contribution in [0.4, 0.5) is 5.69 Å². The Morgan fingerprint density at radius 1 is 0.971 bits per heavy atom. The highest BCUT2D eigenvalue weighted by Crippen LogP contribution is 2.60. The molecule has 3 aromatic rings. The van der Waals surface area contributed by atoms with Gasteiger partial charge in [0.1, 0.15) is 5.56 Å². The molecule has 180 valence electrons. The third-order valence-electron chi connectivity index (χ3n) is 8.58. The summed E-state index contributed by atoms with van der Waals surface area (Å²) >= 11 is 0. The fourth-order valence-electron chi connectivity index (χ4n) is 7.41. The minimum absolute atomic E-state index is 0.0465. The van der Waals surface area contributed by atoms with Gasteiger partial charge in [0.15, 0.2) is 0 Å². The second kappa shape index (κ2) is 8.08. The van der Waals surface area contributed by atoms with Crippen molar-refractivity contribution in [2.24, 2.45) is 22.7 Å². The van der Waals surface area contributed by atoms with Gasteiger partial charge in [-0.2, -0.15) is 0 Å². The number of benzene rings is 2. The van der Waals surface area contributed by atoms with Crippen LogP contribution in [0, 0.1) is 31.6 Å². The molecule has 6 nitrogen and oxygen atoms in total. The Kier molecular flexibility index (Phi) is 5.09. The topological polar surface area (TPSA) is 87.4 Å². The van der Waals surface area contributed by atoms with E-state index in [-0.39, 0.29) is 11.0 Å². The summed E-state index contributed by atoms with van der Waals surface area (Å²) in [6, 6.07) is 13.8.